The lowest BCUT2D eigenvalue weighted by Gasteiger charge is -2.07. The van der Waals surface area contributed by atoms with Crippen LogP contribution >= 0.6 is 27.5 Å². The highest BCUT2D eigenvalue weighted by molar-refractivity contribution is 9.10. The van der Waals surface area contributed by atoms with Crippen molar-refractivity contribution in [2.45, 2.75) is 6.18 Å². The van der Waals surface area contributed by atoms with Gasteiger partial charge in [-0.25, -0.2) is 4.98 Å². The molecule has 0 radical (unpaired) electrons. The average Bonchev–Trinajstić information content (AvgIpc) is 2.96. The van der Waals surface area contributed by atoms with Crippen molar-refractivity contribution in [2.75, 3.05) is 0 Å². The summed E-state index contributed by atoms with van der Waals surface area (Å²) in [5.74, 6) is 0.151. The molecule has 0 aliphatic heterocycles. The highest BCUT2D eigenvalue weighted by Gasteiger charge is 2.32. The second-order valence-electron chi connectivity index (χ2n) is 4.47. The second-order valence-corrected chi connectivity index (χ2v) is 5.80. The Hall–Kier alpha value is -1.93. The molecule has 0 saturated heterocycles. The van der Waals surface area contributed by atoms with Crippen LogP contribution in [0.25, 0.3) is 23.0 Å². The maximum atomic E-state index is 12.6. The zero-order valence-corrected chi connectivity index (χ0v) is 13.4. The quantitative estimate of drug-likeness (QED) is 0.587. The molecule has 118 valence electrons. The number of alkyl halides is 3. The summed E-state index contributed by atoms with van der Waals surface area (Å²) >= 11 is 9.17. The van der Waals surface area contributed by atoms with E-state index in [0.717, 1.165) is 10.5 Å². The normalized spacial score (nSPS) is 11.7. The standard InChI is InChI=1S/C14H6BrClF3N3O/c15-9-3-1-2-7(4-9)12-21-22-13(23-12)11-10(16)5-8(6-20-11)14(17,18)19/h1-6H. The number of benzene rings is 1. The van der Waals surface area contributed by atoms with E-state index in [9.17, 15) is 13.2 Å². The first kappa shape index (κ1) is 15.9. The maximum Gasteiger partial charge on any atom is 0.417 e. The Labute approximate surface area is 141 Å². The Balaban J connectivity index is 1.98. The minimum atomic E-state index is -4.52. The van der Waals surface area contributed by atoms with Crippen LogP contribution in [0.4, 0.5) is 13.2 Å². The Morgan fingerprint density at radius 2 is 1.83 bits per heavy atom. The molecular weight excluding hydrogens is 399 g/mol. The summed E-state index contributed by atoms with van der Waals surface area (Å²) in [6.07, 6.45) is -3.85. The average molecular weight is 405 g/mol. The van der Waals surface area contributed by atoms with E-state index in [0.29, 0.717) is 11.8 Å². The summed E-state index contributed by atoms with van der Waals surface area (Å²) in [7, 11) is 0. The molecule has 0 bridgehead atoms. The Morgan fingerprint density at radius 1 is 1.09 bits per heavy atom. The number of aromatic nitrogens is 3. The number of halogens is 5. The fourth-order valence-electron chi connectivity index (χ4n) is 1.81. The van der Waals surface area contributed by atoms with Crippen LogP contribution in [0, 0.1) is 0 Å². The van der Waals surface area contributed by atoms with Crippen molar-refractivity contribution in [3.63, 3.8) is 0 Å². The molecule has 23 heavy (non-hydrogen) atoms. The molecule has 3 rings (SSSR count). The predicted octanol–water partition coefficient (Wildman–Crippen LogP) is 5.23. The zero-order chi connectivity index (χ0) is 16.6. The lowest BCUT2D eigenvalue weighted by atomic mass is 10.2. The maximum absolute atomic E-state index is 12.6. The zero-order valence-electron chi connectivity index (χ0n) is 11.1. The van der Waals surface area contributed by atoms with Crippen molar-refractivity contribution in [1.29, 1.82) is 0 Å². The fraction of sp³-hybridized carbons (Fsp3) is 0.0714. The molecule has 2 aromatic heterocycles. The second kappa shape index (κ2) is 5.93. The predicted molar refractivity (Wildman–Crippen MR) is 80.7 cm³/mol. The molecule has 0 unspecified atom stereocenters. The van der Waals surface area contributed by atoms with Gasteiger partial charge in [0.15, 0.2) is 0 Å². The van der Waals surface area contributed by atoms with Crippen LogP contribution in [0.2, 0.25) is 5.02 Å². The third-order valence-electron chi connectivity index (χ3n) is 2.87. The van der Waals surface area contributed by atoms with E-state index in [4.69, 9.17) is 16.0 Å². The molecule has 2 heterocycles. The van der Waals surface area contributed by atoms with Crippen LogP contribution in [0.1, 0.15) is 5.56 Å². The molecule has 1 aromatic carbocycles. The first-order valence-corrected chi connectivity index (χ1v) is 7.34. The number of hydrogen-bond acceptors (Lipinski definition) is 4. The van der Waals surface area contributed by atoms with Crippen LogP contribution < -0.4 is 0 Å². The number of nitrogens with zero attached hydrogens (tertiary/aromatic N) is 3. The third-order valence-corrected chi connectivity index (χ3v) is 3.65. The first-order valence-electron chi connectivity index (χ1n) is 6.17. The fourth-order valence-corrected chi connectivity index (χ4v) is 2.45. The van der Waals surface area contributed by atoms with Gasteiger partial charge in [0.05, 0.1) is 10.6 Å². The Morgan fingerprint density at radius 3 is 2.48 bits per heavy atom. The minimum absolute atomic E-state index is 0.00610. The highest BCUT2D eigenvalue weighted by atomic mass is 79.9. The van der Waals surface area contributed by atoms with E-state index in [1.54, 1.807) is 18.2 Å². The lowest BCUT2D eigenvalue weighted by molar-refractivity contribution is -0.137. The molecule has 0 spiro atoms. The number of hydrogen-bond donors (Lipinski definition) is 0. The van der Waals surface area contributed by atoms with Gasteiger partial charge in [-0.05, 0) is 24.3 Å². The summed E-state index contributed by atoms with van der Waals surface area (Å²) in [5, 5.41) is 7.42. The van der Waals surface area contributed by atoms with Gasteiger partial charge < -0.3 is 4.42 Å². The van der Waals surface area contributed by atoms with E-state index in [1.165, 1.54) is 0 Å². The van der Waals surface area contributed by atoms with Gasteiger partial charge in [-0.3, -0.25) is 0 Å². The molecule has 9 heteroatoms. The third kappa shape index (κ3) is 3.37. The molecule has 0 atom stereocenters. The number of rotatable bonds is 2. The van der Waals surface area contributed by atoms with Crippen LogP contribution in [0.15, 0.2) is 45.4 Å². The van der Waals surface area contributed by atoms with Crippen LogP contribution in [0.5, 0.6) is 0 Å². The molecule has 0 amide bonds. The van der Waals surface area contributed by atoms with Gasteiger partial charge in [-0.15, -0.1) is 10.2 Å². The van der Waals surface area contributed by atoms with E-state index >= 15 is 0 Å². The van der Waals surface area contributed by atoms with E-state index in [1.807, 2.05) is 6.07 Å². The molecule has 4 nitrogen and oxygen atoms in total. The summed E-state index contributed by atoms with van der Waals surface area (Å²) in [4.78, 5) is 3.68. The van der Waals surface area contributed by atoms with Gasteiger partial charge in [0.25, 0.3) is 5.89 Å². The molecule has 0 N–H and O–H groups in total. The van der Waals surface area contributed by atoms with Crippen molar-refractivity contribution < 1.29 is 17.6 Å². The van der Waals surface area contributed by atoms with Crippen molar-refractivity contribution in [1.82, 2.24) is 15.2 Å². The van der Waals surface area contributed by atoms with Crippen LogP contribution in [-0.2, 0) is 6.18 Å². The SMILES string of the molecule is FC(F)(F)c1cnc(-c2nnc(-c3cccc(Br)c3)o2)c(Cl)c1. The van der Waals surface area contributed by atoms with Crippen molar-refractivity contribution in [3.8, 4) is 23.0 Å². The number of pyridine rings is 1. The molecule has 0 aliphatic carbocycles. The van der Waals surface area contributed by atoms with Gasteiger partial charge in [0.1, 0.15) is 5.69 Å². The van der Waals surface area contributed by atoms with Gasteiger partial charge in [-0.1, -0.05) is 33.6 Å². The van der Waals surface area contributed by atoms with Crippen molar-refractivity contribution in [3.05, 3.63) is 51.6 Å². The monoisotopic (exact) mass is 403 g/mol. The molecule has 3 aromatic rings. The van der Waals surface area contributed by atoms with Crippen molar-refractivity contribution in [2.24, 2.45) is 0 Å². The summed E-state index contributed by atoms with van der Waals surface area (Å²) in [6, 6.07) is 7.90. The van der Waals surface area contributed by atoms with E-state index < -0.39 is 11.7 Å². The van der Waals surface area contributed by atoms with Gasteiger partial charge in [0, 0.05) is 16.2 Å². The van der Waals surface area contributed by atoms with Crippen LogP contribution in [0.3, 0.4) is 0 Å². The topological polar surface area (TPSA) is 51.8 Å². The summed E-state index contributed by atoms with van der Waals surface area (Å²) < 4.78 is 44.1. The summed E-state index contributed by atoms with van der Waals surface area (Å²) in [6.45, 7) is 0. The van der Waals surface area contributed by atoms with Gasteiger partial charge in [0.2, 0.25) is 5.89 Å². The summed E-state index contributed by atoms with van der Waals surface area (Å²) in [5.41, 5.74) is -0.299. The molecular formula is C14H6BrClF3N3O. The Bertz CT molecular complexity index is 866. The largest absolute Gasteiger partial charge is 0.417 e. The smallest absolute Gasteiger partial charge is 0.415 e. The van der Waals surface area contributed by atoms with E-state index in [-0.39, 0.29) is 22.5 Å². The molecule has 0 saturated carbocycles. The highest BCUT2D eigenvalue weighted by Crippen LogP contribution is 2.34. The lowest BCUT2D eigenvalue weighted by Crippen LogP contribution is -2.05. The van der Waals surface area contributed by atoms with Crippen LogP contribution in [-0.4, -0.2) is 15.2 Å². The first-order chi connectivity index (χ1) is 10.8. The molecule has 0 aliphatic rings. The van der Waals surface area contributed by atoms with E-state index in [2.05, 4.69) is 31.1 Å². The van der Waals surface area contributed by atoms with Gasteiger partial charge in [-0.2, -0.15) is 13.2 Å². The van der Waals surface area contributed by atoms with Gasteiger partial charge >= 0.3 is 6.18 Å². The van der Waals surface area contributed by atoms with Crippen molar-refractivity contribution >= 4 is 27.5 Å². The Kier molecular flexibility index (Phi) is 4.11. The minimum Gasteiger partial charge on any atom is -0.415 e. The molecule has 0 fully saturated rings.